The van der Waals surface area contributed by atoms with Gasteiger partial charge in [-0.1, -0.05) is 11.6 Å². The Morgan fingerprint density at radius 3 is 2.86 bits per heavy atom. The summed E-state index contributed by atoms with van der Waals surface area (Å²) in [4.78, 5) is 4.53. The van der Waals surface area contributed by atoms with E-state index >= 15 is 0 Å². The van der Waals surface area contributed by atoms with Gasteiger partial charge in [-0.3, -0.25) is 4.68 Å². The maximum atomic E-state index is 10.7. The van der Waals surface area contributed by atoms with Gasteiger partial charge in [-0.25, -0.2) is 4.99 Å². The topological polar surface area (TPSA) is 92.9 Å². The molecular formula is C20H28ClN5O3. The molecule has 1 aromatic carbocycles. The maximum Gasteiger partial charge on any atom is 0.191 e. The van der Waals surface area contributed by atoms with E-state index in [9.17, 15) is 5.11 Å². The standard InChI is InChI=1S/C20H28ClN5O3/c1-4-22-19(24-13-20(2,27)15-11-25-26(3)12-15)23-6-5-14-9-16(21)18-17(10-14)28-7-8-29-18/h9-12,27H,4-8,13H2,1-3H3,(H2,22,23,24). The first-order chi connectivity index (χ1) is 13.9. The van der Waals surface area contributed by atoms with Gasteiger partial charge >= 0.3 is 0 Å². The van der Waals surface area contributed by atoms with Crippen LogP contribution in [0.15, 0.2) is 29.5 Å². The number of fused-ring (bicyclic) bond motifs is 1. The third-order valence-electron chi connectivity index (χ3n) is 4.58. The number of rotatable bonds is 7. The molecule has 8 nitrogen and oxygen atoms in total. The number of nitrogens with zero attached hydrogens (tertiary/aromatic N) is 3. The monoisotopic (exact) mass is 421 g/mol. The third-order valence-corrected chi connectivity index (χ3v) is 4.86. The first-order valence-corrected chi connectivity index (χ1v) is 10.1. The second kappa shape index (κ2) is 9.37. The average molecular weight is 422 g/mol. The smallest absolute Gasteiger partial charge is 0.191 e. The molecule has 0 bridgehead atoms. The van der Waals surface area contributed by atoms with Crippen molar-refractivity contribution in [3.63, 3.8) is 0 Å². The molecule has 0 fully saturated rings. The van der Waals surface area contributed by atoms with Gasteiger partial charge in [0.15, 0.2) is 17.5 Å². The Bertz CT molecular complexity index is 866. The lowest BCUT2D eigenvalue weighted by Gasteiger charge is -2.21. The van der Waals surface area contributed by atoms with E-state index in [1.165, 1.54) is 0 Å². The van der Waals surface area contributed by atoms with Crippen LogP contribution in [0.3, 0.4) is 0 Å². The van der Waals surface area contributed by atoms with Crippen LogP contribution in [0.5, 0.6) is 11.5 Å². The molecule has 1 aliphatic rings. The van der Waals surface area contributed by atoms with E-state index in [1.807, 2.05) is 26.1 Å². The minimum Gasteiger partial charge on any atom is -0.486 e. The Morgan fingerprint density at radius 1 is 1.34 bits per heavy atom. The number of hydrogen-bond donors (Lipinski definition) is 3. The maximum absolute atomic E-state index is 10.7. The van der Waals surface area contributed by atoms with Crippen LogP contribution >= 0.6 is 11.6 Å². The number of aromatic nitrogens is 2. The highest BCUT2D eigenvalue weighted by Gasteiger charge is 2.24. The summed E-state index contributed by atoms with van der Waals surface area (Å²) in [6.45, 7) is 6.35. The number of aryl methyl sites for hydroxylation is 1. The van der Waals surface area contributed by atoms with Crippen molar-refractivity contribution in [1.82, 2.24) is 20.4 Å². The number of aliphatic imine (C=N–C) groups is 1. The van der Waals surface area contributed by atoms with Gasteiger partial charge in [-0.2, -0.15) is 5.10 Å². The molecule has 3 rings (SSSR count). The van der Waals surface area contributed by atoms with Crippen molar-refractivity contribution in [1.29, 1.82) is 0 Å². The molecule has 2 heterocycles. The molecule has 0 spiro atoms. The normalized spacial score (nSPS) is 15.7. The molecule has 0 aliphatic carbocycles. The summed E-state index contributed by atoms with van der Waals surface area (Å²) in [7, 11) is 1.82. The van der Waals surface area contributed by atoms with Crippen molar-refractivity contribution in [2.45, 2.75) is 25.9 Å². The van der Waals surface area contributed by atoms with Gasteiger partial charge in [0.05, 0.1) is 17.8 Å². The summed E-state index contributed by atoms with van der Waals surface area (Å²) in [6.07, 6.45) is 4.18. The first-order valence-electron chi connectivity index (χ1n) is 9.71. The molecule has 1 aromatic heterocycles. The van der Waals surface area contributed by atoms with Gasteiger partial charge in [0.2, 0.25) is 0 Å². The highest BCUT2D eigenvalue weighted by molar-refractivity contribution is 6.32. The molecule has 158 valence electrons. The van der Waals surface area contributed by atoms with Crippen LogP contribution in [0, 0.1) is 0 Å². The Labute approximate surface area is 175 Å². The predicted molar refractivity (Wildman–Crippen MR) is 113 cm³/mol. The van der Waals surface area contributed by atoms with Gasteiger partial charge < -0.3 is 25.2 Å². The van der Waals surface area contributed by atoms with Crippen LogP contribution in [-0.2, 0) is 19.1 Å². The number of hydrogen-bond acceptors (Lipinski definition) is 5. The highest BCUT2D eigenvalue weighted by atomic mass is 35.5. The van der Waals surface area contributed by atoms with Crippen molar-refractivity contribution in [3.05, 3.63) is 40.7 Å². The number of guanidine groups is 1. The molecule has 1 atom stereocenters. The second-order valence-electron chi connectivity index (χ2n) is 7.15. The zero-order chi connectivity index (χ0) is 20.9. The van der Waals surface area contributed by atoms with E-state index in [4.69, 9.17) is 21.1 Å². The Kier molecular flexibility index (Phi) is 6.87. The molecule has 2 aromatic rings. The lowest BCUT2D eigenvalue weighted by Crippen LogP contribution is -2.39. The van der Waals surface area contributed by atoms with Gasteiger partial charge in [-0.05, 0) is 38.0 Å². The molecule has 1 unspecified atom stereocenters. The number of benzene rings is 1. The van der Waals surface area contributed by atoms with Crippen molar-refractivity contribution in [3.8, 4) is 11.5 Å². The molecule has 0 saturated heterocycles. The van der Waals surface area contributed by atoms with E-state index in [1.54, 1.807) is 24.0 Å². The molecule has 1 aliphatic heterocycles. The number of halogens is 1. The van der Waals surface area contributed by atoms with E-state index in [2.05, 4.69) is 20.7 Å². The third kappa shape index (κ3) is 5.55. The zero-order valence-electron chi connectivity index (χ0n) is 17.0. The largest absolute Gasteiger partial charge is 0.486 e. The summed E-state index contributed by atoms with van der Waals surface area (Å²) in [5, 5.41) is 21.9. The fraction of sp³-hybridized carbons (Fsp3) is 0.500. The number of aliphatic hydroxyl groups is 1. The van der Waals surface area contributed by atoms with E-state index in [0.717, 1.165) is 24.1 Å². The van der Waals surface area contributed by atoms with Crippen molar-refractivity contribution < 1.29 is 14.6 Å². The zero-order valence-corrected chi connectivity index (χ0v) is 17.8. The first kappa shape index (κ1) is 21.3. The van der Waals surface area contributed by atoms with Gasteiger partial charge in [0.1, 0.15) is 18.8 Å². The number of ether oxygens (including phenoxy) is 2. The predicted octanol–water partition coefficient (Wildman–Crippen LogP) is 1.85. The van der Waals surface area contributed by atoms with Crippen molar-refractivity contribution in [2.75, 3.05) is 32.8 Å². The van der Waals surface area contributed by atoms with Gasteiger partial charge in [0.25, 0.3) is 0 Å². The molecule has 0 amide bonds. The number of nitrogens with one attached hydrogen (secondary N) is 2. The summed E-state index contributed by atoms with van der Waals surface area (Å²) in [5.41, 5.74) is 0.676. The van der Waals surface area contributed by atoms with Gasteiger partial charge in [-0.15, -0.1) is 0 Å². The molecule has 3 N–H and O–H groups in total. The fourth-order valence-corrected chi connectivity index (χ4v) is 3.29. The van der Waals surface area contributed by atoms with Crippen LogP contribution < -0.4 is 20.1 Å². The van der Waals surface area contributed by atoms with Crippen molar-refractivity contribution in [2.24, 2.45) is 12.0 Å². The lowest BCUT2D eigenvalue weighted by molar-refractivity contribution is 0.0672. The fourth-order valence-electron chi connectivity index (χ4n) is 3.00. The van der Waals surface area contributed by atoms with E-state index in [0.29, 0.717) is 42.2 Å². The summed E-state index contributed by atoms with van der Waals surface area (Å²) < 4.78 is 12.8. The minimum absolute atomic E-state index is 0.212. The van der Waals surface area contributed by atoms with Crippen molar-refractivity contribution >= 4 is 17.6 Å². The Hall–Kier alpha value is -2.45. The van der Waals surface area contributed by atoms with Crippen LogP contribution in [-0.4, -0.2) is 53.7 Å². The quantitative estimate of drug-likeness (QED) is 0.466. The van der Waals surface area contributed by atoms with Crippen LogP contribution in [0.2, 0.25) is 5.02 Å². The second-order valence-corrected chi connectivity index (χ2v) is 7.56. The van der Waals surface area contributed by atoms with Gasteiger partial charge in [0, 0.05) is 31.9 Å². The Morgan fingerprint density at radius 2 is 2.14 bits per heavy atom. The summed E-state index contributed by atoms with van der Waals surface area (Å²) in [6, 6.07) is 3.85. The SMILES string of the molecule is CCNC(=NCC(C)(O)c1cnn(C)c1)NCCc1cc(Cl)c2c(c1)OCCO2. The molecule has 9 heteroatoms. The Balaban J connectivity index is 1.59. The summed E-state index contributed by atoms with van der Waals surface area (Å²) >= 11 is 6.30. The average Bonchev–Trinajstić information content (AvgIpc) is 3.14. The molecule has 0 saturated carbocycles. The molecular weight excluding hydrogens is 394 g/mol. The van der Waals surface area contributed by atoms with Crippen LogP contribution in [0.25, 0.3) is 0 Å². The lowest BCUT2D eigenvalue weighted by atomic mass is 10.0. The van der Waals surface area contributed by atoms with E-state index in [-0.39, 0.29) is 6.54 Å². The highest BCUT2D eigenvalue weighted by Crippen LogP contribution is 2.38. The molecule has 29 heavy (non-hydrogen) atoms. The summed E-state index contributed by atoms with van der Waals surface area (Å²) in [5.74, 6) is 1.94. The molecule has 0 radical (unpaired) electrons. The van der Waals surface area contributed by atoms with Crippen LogP contribution in [0.1, 0.15) is 25.0 Å². The van der Waals surface area contributed by atoms with E-state index < -0.39 is 5.60 Å². The van der Waals surface area contributed by atoms with Crippen LogP contribution in [0.4, 0.5) is 0 Å². The minimum atomic E-state index is -1.10.